The van der Waals surface area contributed by atoms with E-state index in [0.29, 0.717) is 0 Å². The highest BCUT2D eigenvalue weighted by atomic mass is 15.1. The summed E-state index contributed by atoms with van der Waals surface area (Å²) < 4.78 is 2.57. The molecule has 1 N–H and O–H groups in total. The third-order valence-electron chi connectivity index (χ3n) is 4.38. The Morgan fingerprint density at radius 1 is 1.24 bits per heavy atom. The summed E-state index contributed by atoms with van der Waals surface area (Å²) in [6, 6.07) is 3.96. The van der Waals surface area contributed by atoms with Gasteiger partial charge in [-0.05, 0) is 64.1 Å². The molecule has 1 aliphatic carbocycles. The second-order valence-electron chi connectivity index (χ2n) is 5.85. The number of nitrogens with one attached hydrogen (secondary N) is 1. The van der Waals surface area contributed by atoms with E-state index in [1.54, 1.807) is 5.56 Å². The van der Waals surface area contributed by atoms with E-state index in [1.165, 1.54) is 56.5 Å². The van der Waals surface area contributed by atoms with Crippen LogP contribution >= 0.6 is 0 Å². The monoisotopic (exact) mass is 232 g/mol. The van der Waals surface area contributed by atoms with Crippen LogP contribution < -0.4 is 5.32 Å². The fraction of sp³-hybridized carbons (Fsp3) is 0.733. The van der Waals surface area contributed by atoms with E-state index >= 15 is 0 Å². The van der Waals surface area contributed by atoms with Gasteiger partial charge in [0.1, 0.15) is 0 Å². The number of aryl methyl sites for hydroxylation is 1. The van der Waals surface area contributed by atoms with Gasteiger partial charge in [0.15, 0.2) is 0 Å². The Labute approximate surface area is 104 Å². The zero-order chi connectivity index (χ0) is 11.8. The van der Waals surface area contributed by atoms with Crippen LogP contribution in [0.15, 0.2) is 6.07 Å². The number of nitrogens with zero attached hydrogens (tertiary/aromatic N) is 1. The molecule has 17 heavy (non-hydrogen) atoms. The van der Waals surface area contributed by atoms with Crippen LogP contribution in [0.1, 0.15) is 55.1 Å². The van der Waals surface area contributed by atoms with Gasteiger partial charge in [-0.3, -0.25) is 0 Å². The van der Waals surface area contributed by atoms with Crippen molar-refractivity contribution in [2.24, 2.45) is 0 Å². The van der Waals surface area contributed by atoms with E-state index in [9.17, 15) is 0 Å². The molecule has 1 aliphatic heterocycles. The quantitative estimate of drug-likeness (QED) is 0.847. The van der Waals surface area contributed by atoms with Crippen LogP contribution in [-0.4, -0.2) is 17.2 Å². The van der Waals surface area contributed by atoms with Crippen LogP contribution in [0, 0.1) is 13.8 Å². The first kappa shape index (κ1) is 11.3. The van der Waals surface area contributed by atoms with E-state index in [-0.39, 0.29) is 0 Å². The van der Waals surface area contributed by atoms with Crippen LogP contribution in [0.4, 0.5) is 0 Å². The lowest BCUT2D eigenvalue weighted by Gasteiger charge is -2.23. The summed E-state index contributed by atoms with van der Waals surface area (Å²) in [6.07, 6.45) is 8.12. The topological polar surface area (TPSA) is 17.0 Å². The van der Waals surface area contributed by atoms with Gasteiger partial charge >= 0.3 is 0 Å². The largest absolute Gasteiger partial charge is 0.346 e. The molecule has 2 aliphatic rings. The number of aromatic nitrogens is 1. The van der Waals surface area contributed by atoms with Crippen molar-refractivity contribution in [2.45, 2.75) is 64.5 Å². The molecule has 1 saturated carbocycles. The molecule has 2 heteroatoms. The molecular formula is C15H24N2. The summed E-state index contributed by atoms with van der Waals surface area (Å²) in [6.45, 7) is 5.79. The molecule has 0 radical (unpaired) electrons. The Bertz CT molecular complexity index is 395. The molecule has 3 rings (SSSR count). The normalized spacial score (nSPS) is 25.2. The maximum absolute atomic E-state index is 3.66. The summed E-state index contributed by atoms with van der Waals surface area (Å²) in [7, 11) is 0. The Morgan fingerprint density at radius 3 is 2.71 bits per heavy atom. The van der Waals surface area contributed by atoms with Crippen LogP contribution in [0.5, 0.6) is 0 Å². The van der Waals surface area contributed by atoms with Gasteiger partial charge in [0.25, 0.3) is 0 Å². The van der Waals surface area contributed by atoms with Crippen LogP contribution in [0.3, 0.4) is 0 Å². The van der Waals surface area contributed by atoms with Crippen molar-refractivity contribution in [3.63, 3.8) is 0 Å². The number of rotatable bonds is 3. The maximum Gasteiger partial charge on any atom is 0.0337 e. The van der Waals surface area contributed by atoms with Crippen molar-refractivity contribution in [3.05, 3.63) is 23.0 Å². The Balaban J connectivity index is 1.75. The van der Waals surface area contributed by atoms with Crippen molar-refractivity contribution in [3.8, 4) is 0 Å². The smallest absolute Gasteiger partial charge is 0.0337 e. The van der Waals surface area contributed by atoms with E-state index in [0.717, 1.165) is 12.1 Å². The van der Waals surface area contributed by atoms with Crippen molar-refractivity contribution < 1.29 is 0 Å². The Morgan fingerprint density at radius 2 is 2.06 bits per heavy atom. The maximum atomic E-state index is 3.66. The van der Waals surface area contributed by atoms with Gasteiger partial charge in [-0.15, -0.1) is 0 Å². The van der Waals surface area contributed by atoms with Crippen molar-refractivity contribution in [2.75, 3.05) is 6.54 Å². The third kappa shape index (κ3) is 2.28. The van der Waals surface area contributed by atoms with Crippen molar-refractivity contribution in [1.29, 1.82) is 0 Å². The summed E-state index contributed by atoms with van der Waals surface area (Å²) in [5, 5.41) is 3.66. The van der Waals surface area contributed by atoms with E-state index in [4.69, 9.17) is 0 Å². The molecule has 0 amide bonds. The average Bonchev–Trinajstić information content (AvgIpc) is 3.10. The number of piperidine rings is 1. The van der Waals surface area contributed by atoms with Gasteiger partial charge < -0.3 is 9.88 Å². The first-order valence-electron chi connectivity index (χ1n) is 7.16. The van der Waals surface area contributed by atoms with Gasteiger partial charge in [0.2, 0.25) is 0 Å². The minimum Gasteiger partial charge on any atom is -0.346 e. The molecule has 2 nitrogen and oxygen atoms in total. The molecule has 1 aromatic heterocycles. The fourth-order valence-electron chi connectivity index (χ4n) is 3.31. The van der Waals surface area contributed by atoms with Gasteiger partial charge in [-0.25, -0.2) is 0 Å². The molecule has 1 aromatic rings. The molecule has 2 fully saturated rings. The predicted molar refractivity (Wildman–Crippen MR) is 71.5 cm³/mol. The lowest BCUT2D eigenvalue weighted by Crippen LogP contribution is -2.35. The molecule has 1 saturated heterocycles. The molecule has 1 atom stereocenters. The van der Waals surface area contributed by atoms with E-state index in [1.807, 2.05) is 0 Å². The Hall–Kier alpha value is -0.760. The molecule has 1 unspecified atom stereocenters. The SMILES string of the molecule is Cc1cc(CC2CCCCN2)c(C)n1C1CC1. The molecule has 0 spiro atoms. The molecule has 0 aromatic carbocycles. The highest BCUT2D eigenvalue weighted by Gasteiger charge is 2.27. The van der Waals surface area contributed by atoms with Crippen LogP contribution in [0.25, 0.3) is 0 Å². The van der Waals surface area contributed by atoms with E-state index in [2.05, 4.69) is 29.8 Å². The zero-order valence-corrected chi connectivity index (χ0v) is 11.1. The lowest BCUT2D eigenvalue weighted by atomic mass is 9.98. The number of hydrogen-bond donors (Lipinski definition) is 1. The summed E-state index contributed by atoms with van der Waals surface area (Å²) in [5.74, 6) is 0. The first-order chi connectivity index (χ1) is 8.25. The fourth-order valence-corrected chi connectivity index (χ4v) is 3.31. The van der Waals surface area contributed by atoms with Crippen LogP contribution in [0.2, 0.25) is 0 Å². The highest BCUT2D eigenvalue weighted by Crippen LogP contribution is 2.38. The molecule has 2 heterocycles. The summed E-state index contributed by atoms with van der Waals surface area (Å²) in [4.78, 5) is 0. The third-order valence-corrected chi connectivity index (χ3v) is 4.38. The first-order valence-corrected chi connectivity index (χ1v) is 7.16. The minimum absolute atomic E-state index is 0.719. The number of hydrogen-bond acceptors (Lipinski definition) is 1. The van der Waals surface area contributed by atoms with E-state index < -0.39 is 0 Å². The lowest BCUT2D eigenvalue weighted by molar-refractivity contribution is 0.399. The zero-order valence-electron chi connectivity index (χ0n) is 11.1. The Kier molecular flexibility index (Phi) is 2.99. The van der Waals surface area contributed by atoms with Gasteiger partial charge in [-0.1, -0.05) is 6.42 Å². The molecular weight excluding hydrogens is 208 g/mol. The second-order valence-corrected chi connectivity index (χ2v) is 5.85. The highest BCUT2D eigenvalue weighted by molar-refractivity contribution is 5.29. The minimum atomic E-state index is 0.719. The second kappa shape index (κ2) is 4.49. The van der Waals surface area contributed by atoms with Gasteiger partial charge in [0.05, 0.1) is 0 Å². The predicted octanol–water partition coefficient (Wildman–Crippen LogP) is 3.12. The summed E-state index contributed by atoms with van der Waals surface area (Å²) in [5.41, 5.74) is 4.57. The van der Waals surface area contributed by atoms with Crippen molar-refractivity contribution in [1.82, 2.24) is 9.88 Å². The molecule has 0 bridgehead atoms. The summed E-state index contributed by atoms with van der Waals surface area (Å²) >= 11 is 0. The van der Waals surface area contributed by atoms with Gasteiger partial charge in [-0.2, -0.15) is 0 Å². The van der Waals surface area contributed by atoms with Crippen molar-refractivity contribution >= 4 is 0 Å². The molecule has 94 valence electrons. The van der Waals surface area contributed by atoms with Gasteiger partial charge in [0, 0.05) is 23.5 Å². The van der Waals surface area contributed by atoms with Crippen LogP contribution in [-0.2, 0) is 6.42 Å². The average molecular weight is 232 g/mol. The standard InChI is InChI=1S/C15H24N2/c1-11-9-13(10-14-5-3-4-8-16-14)12(2)17(11)15-6-7-15/h9,14-16H,3-8,10H2,1-2H3.